The predicted molar refractivity (Wildman–Crippen MR) is 187 cm³/mol. The van der Waals surface area contributed by atoms with Crippen LogP contribution in [0.1, 0.15) is 86.8 Å². The average molecular weight is 690 g/mol. The first kappa shape index (κ1) is 31.0. The quantitative estimate of drug-likeness (QED) is 0.183. The number of ether oxygens (including phenoxy) is 1. The van der Waals surface area contributed by atoms with Crippen LogP contribution in [0.25, 0.3) is 11.1 Å². The van der Waals surface area contributed by atoms with Crippen molar-refractivity contribution in [2.75, 3.05) is 4.90 Å². The molecule has 0 aliphatic carbocycles. The fourth-order valence-corrected chi connectivity index (χ4v) is 7.34. The first-order valence-electron chi connectivity index (χ1n) is 15.3. The Bertz CT molecular complexity index is 1510. The summed E-state index contributed by atoms with van der Waals surface area (Å²) in [7, 11) is 0. The fourth-order valence-electron chi connectivity index (χ4n) is 6.89. The summed E-state index contributed by atoms with van der Waals surface area (Å²) in [6, 6.07) is 25.1. The Hall–Kier alpha value is -2.40. The number of fused-ring (bicyclic) bond motifs is 1. The Balaban J connectivity index is 1.61. The molecule has 0 aromatic heterocycles. The van der Waals surface area contributed by atoms with E-state index in [9.17, 15) is 0 Å². The molecule has 0 N–H and O–H groups in total. The van der Waals surface area contributed by atoms with Crippen LogP contribution in [0.5, 0.6) is 0 Å². The molecule has 42 heavy (non-hydrogen) atoms. The van der Waals surface area contributed by atoms with Crippen LogP contribution in [-0.4, -0.2) is 0 Å². The van der Waals surface area contributed by atoms with Crippen molar-refractivity contribution in [3.63, 3.8) is 0 Å². The lowest BCUT2D eigenvalue weighted by Crippen LogP contribution is -2.31. The number of hydrogen-bond acceptors (Lipinski definition) is 2. The second-order valence-corrected chi connectivity index (χ2v) is 13.5. The van der Waals surface area contributed by atoms with Crippen molar-refractivity contribution < 1.29 is 4.74 Å². The average Bonchev–Trinajstić information content (AvgIpc) is 3.29. The monoisotopic (exact) mass is 687 g/mol. The van der Waals surface area contributed by atoms with E-state index in [0.29, 0.717) is 0 Å². The number of nitrogens with zero attached hydrogens (tertiary/aromatic N) is 1. The van der Waals surface area contributed by atoms with Crippen LogP contribution in [-0.2, 0) is 15.9 Å². The smallest absolute Gasteiger partial charge is 0.0942 e. The summed E-state index contributed by atoms with van der Waals surface area (Å²) in [5.74, 6) is 0. The number of anilines is 3. The van der Waals surface area contributed by atoms with Gasteiger partial charge in [-0.3, -0.25) is 0 Å². The van der Waals surface area contributed by atoms with Crippen LogP contribution in [0.3, 0.4) is 0 Å². The highest BCUT2D eigenvalue weighted by atomic mass is 79.9. The number of hydrogen-bond donors (Lipinski definition) is 0. The van der Waals surface area contributed by atoms with E-state index >= 15 is 0 Å². The largest absolute Gasteiger partial charge is 0.359 e. The molecule has 4 aromatic rings. The summed E-state index contributed by atoms with van der Waals surface area (Å²) in [5.41, 5.74) is 13.2. The summed E-state index contributed by atoms with van der Waals surface area (Å²) in [5, 5.41) is 0. The second kappa shape index (κ2) is 11.9. The van der Waals surface area contributed by atoms with Gasteiger partial charge in [0.2, 0.25) is 0 Å². The van der Waals surface area contributed by atoms with Gasteiger partial charge in [-0.2, -0.15) is 0 Å². The number of aryl methyl sites for hydroxylation is 4. The van der Waals surface area contributed by atoms with Crippen molar-refractivity contribution in [2.24, 2.45) is 0 Å². The van der Waals surface area contributed by atoms with Crippen molar-refractivity contribution in [1.82, 2.24) is 0 Å². The molecule has 5 rings (SSSR count). The van der Waals surface area contributed by atoms with Gasteiger partial charge < -0.3 is 9.64 Å². The number of benzene rings is 4. The van der Waals surface area contributed by atoms with Crippen molar-refractivity contribution in [1.29, 1.82) is 0 Å². The molecular weight excluding hydrogens is 646 g/mol. The van der Waals surface area contributed by atoms with Crippen molar-refractivity contribution >= 4 is 48.9 Å². The normalized spacial score (nSPS) is 15.1. The molecule has 0 saturated carbocycles. The molecule has 0 atom stereocenters. The Labute approximate surface area is 269 Å². The molecule has 4 aromatic carbocycles. The van der Waals surface area contributed by atoms with Gasteiger partial charge in [0.15, 0.2) is 0 Å². The van der Waals surface area contributed by atoms with E-state index in [-0.39, 0.29) is 11.2 Å². The van der Waals surface area contributed by atoms with Crippen LogP contribution in [0.4, 0.5) is 17.1 Å². The summed E-state index contributed by atoms with van der Waals surface area (Å²) in [6.07, 6.45) is 3.94. The number of rotatable bonds is 8. The highest BCUT2D eigenvalue weighted by molar-refractivity contribution is 9.10. The zero-order valence-corrected chi connectivity index (χ0v) is 29.5. The Kier molecular flexibility index (Phi) is 8.83. The molecule has 1 aliphatic heterocycles. The molecule has 220 valence electrons. The van der Waals surface area contributed by atoms with Gasteiger partial charge in [-0.15, -0.1) is 0 Å². The van der Waals surface area contributed by atoms with Crippen LogP contribution in [0, 0.1) is 27.7 Å². The third kappa shape index (κ3) is 5.18. The molecule has 2 nitrogen and oxygen atoms in total. The van der Waals surface area contributed by atoms with Crippen molar-refractivity contribution in [3.05, 3.63) is 109 Å². The third-order valence-electron chi connectivity index (χ3n) is 9.49. The molecule has 0 radical (unpaired) electrons. The van der Waals surface area contributed by atoms with E-state index in [1.54, 1.807) is 0 Å². The molecule has 1 heterocycles. The minimum absolute atomic E-state index is 0.188. The lowest BCUT2D eigenvalue weighted by molar-refractivity contribution is -0.151. The molecule has 0 saturated heterocycles. The van der Waals surface area contributed by atoms with Crippen LogP contribution in [0.2, 0.25) is 0 Å². The SMILES string of the molecule is CCC1(CC)OC(CC)(CC)c2cc(-c3ccc(N(c4cc(C)c(Br)c(C)c4)c4cc(C)c(Br)c(C)c4)cc3)ccc21. The van der Waals surface area contributed by atoms with Crippen LogP contribution >= 0.6 is 31.9 Å². The molecule has 1 aliphatic rings. The molecular formula is C38H43Br2NO. The predicted octanol–water partition coefficient (Wildman–Crippen LogP) is 12.6. The molecule has 4 heteroatoms. The lowest BCUT2D eigenvalue weighted by Gasteiger charge is -2.34. The van der Waals surface area contributed by atoms with E-state index in [4.69, 9.17) is 4.74 Å². The third-order valence-corrected chi connectivity index (χ3v) is 12.0. The molecule has 0 unspecified atom stereocenters. The van der Waals surface area contributed by atoms with E-state index in [1.165, 1.54) is 44.5 Å². The maximum Gasteiger partial charge on any atom is 0.0942 e. The Morgan fingerprint density at radius 2 is 0.929 bits per heavy atom. The Morgan fingerprint density at radius 3 is 1.36 bits per heavy atom. The summed E-state index contributed by atoms with van der Waals surface area (Å²) in [6.45, 7) is 17.7. The van der Waals surface area contributed by atoms with Gasteiger partial charge in [0.1, 0.15) is 0 Å². The molecule has 0 bridgehead atoms. The first-order valence-corrected chi connectivity index (χ1v) is 16.9. The maximum absolute atomic E-state index is 6.99. The van der Waals surface area contributed by atoms with Crippen LogP contribution in [0.15, 0.2) is 75.7 Å². The van der Waals surface area contributed by atoms with Gasteiger partial charge in [0.25, 0.3) is 0 Å². The number of halogens is 2. The summed E-state index contributed by atoms with van der Waals surface area (Å²) >= 11 is 7.53. The van der Waals surface area contributed by atoms with E-state index in [0.717, 1.165) is 51.7 Å². The maximum atomic E-state index is 6.99. The van der Waals surface area contributed by atoms with Gasteiger partial charge in [0, 0.05) is 26.0 Å². The minimum atomic E-state index is -0.220. The highest BCUT2D eigenvalue weighted by Gasteiger charge is 2.49. The van der Waals surface area contributed by atoms with E-state index < -0.39 is 0 Å². The summed E-state index contributed by atoms with van der Waals surface area (Å²) < 4.78 is 9.31. The molecule has 0 spiro atoms. The van der Waals surface area contributed by atoms with Gasteiger partial charge >= 0.3 is 0 Å². The van der Waals surface area contributed by atoms with E-state index in [1.807, 2.05) is 0 Å². The van der Waals surface area contributed by atoms with Gasteiger partial charge in [-0.05, 0) is 140 Å². The Morgan fingerprint density at radius 1 is 0.524 bits per heavy atom. The zero-order valence-electron chi connectivity index (χ0n) is 26.3. The van der Waals surface area contributed by atoms with Crippen molar-refractivity contribution in [2.45, 2.75) is 92.3 Å². The fraction of sp³-hybridized carbons (Fsp3) is 0.368. The first-order chi connectivity index (χ1) is 20.0. The van der Waals surface area contributed by atoms with Crippen molar-refractivity contribution in [3.8, 4) is 11.1 Å². The minimum Gasteiger partial charge on any atom is -0.359 e. The van der Waals surface area contributed by atoms with E-state index in [2.05, 4.69) is 159 Å². The molecule has 0 amide bonds. The van der Waals surface area contributed by atoms with Gasteiger partial charge in [-0.25, -0.2) is 0 Å². The zero-order chi connectivity index (χ0) is 30.4. The van der Waals surface area contributed by atoms with Crippen LogP contribution < -0.4 is 4.90 Å². The van der Waals surface area contributed by atoms with Gasteiger partial charge in [0.05, 0.1) is 11.2 Å². The standard InChI is InChI=1S/C38H43Br2NO/c1-9-37(10-2)33-18-15-29(23-34(33)38(11-3,12-4)42-37)28-13-16-30(17-14-28)41(31-19-24(5)35(39)25(6)20-31)32-21-26(7)36(40)27(8)22-32/h13-23H,9-12H2,1-8H3. The summed E-state index contributed by atoms with van der Waals surface area (Å²) in [4.78, 5) is 2.37. The topological polar surface area (TPSA) is 12.5 Å². The highest BCUT2D eigenvalue weighted by Crippen LogP contribution is 2.54. The second-order valence-electron chi connectivity index (χ2n) is 11.9. The molecule has 0 fully saturated rings. The lowest BCUT2D eigenvalue weighted by atomic mass is 9.81. The van der Waals surface area contributed by atoms with Gasteiger partial charge in [-0.1, -0.05) is 83.8 Å².